The van der Waals surface area contributed by atoms with Crippen LogP contribution < -0.4 is 4.90 Å². The average molecular weight is 337 g/mol. The topological polar surface area (TPSA) is 46.1 Å². The van der Waals surface area contributed by atoms with Crippen LogP contribution in [-0.4, -0.2) is 22.4 Å². The van der Waals surface area contributed by atoms with Gasteiger partial charge >= 0.3 is 0 Å². The van der Waals surface area contributed by atoms with Crippen molar-refractivity contribution in [3.63, 3.8) is 0 Å². The lowest BCUT2D eigenvalue weighted by Gasteiger charge is -2.19. The molecular weight excluding hydrogens is 318 g/mol. The van der Waals surface area contributed by atoms with E-state index >= 15 is 0 Å². The summed E-state index contributed by atoms with van der Waals surface area (Å²) in [7, 11) is 0. The molecule has 0 saturated carbocycles. The number of carbonyl (C=O) groups is 1. The van der Waals surface area contributed by atoms with Gasteiger partial charge < -0.3 is 4.90 Å². The predicted octanol–water partition coefficient (Wildman–Crippen LogP) is 4.49. The molecule has 4 nitrogen and oxygen atoms in total. The summed E-state index contributed by atoms with van der Waals surface area (Å²) in [6.45, 7) is 6.68. The minimum atomic E-state index is -0.0871. The Labute approximate surface area is 145 Å². The minimum absolute atomic E-state index is 0.0871. The number of aromatic nitrogens is 2. The van der Waals surface area contributed by atoms with Crippen LogP contribution in [0.1, 0.15) is 28.5 Å². The standard InChI is InChI=1S/C19H19N3OS/c1-4-22(15-7-9-20-10-8-15)19(23)17-12-24-18(21-17)16-6-5-13(2)11-14(16)3/h5-12H,4H2,1-3H3. The number of rotatable bonds is 4. The van der Waals surface area contributed by atoms with Crippen LogP contribution >= 0.6 is 11.3 Å². The highest BCUT2D eigenvalue weighted by Gasteiger charge is 2.19. The zero-order valence-electron chi connectivity index (χ0n) is 14.0. The SMILES string of the molecule is CCN(C(=O)c1csc(-c2ccc(C)cc2C)n1)c1ccncc1. The summed E-state index contributed by atoms with van der Waals surface area (Å²) >= 11 is 1.50. The number of pyridine rings is 1. The quantitative estimate of drug-likeness (QED) is 0.705. The largest absolute Gasteiger partial charge is 0.307 e. The Balaban J connectivity index is 1.91. The van der Waals surface area contributed by atoms with Crippen molar-refractivity contribution in [1.29, 1.82) is 0 Å². The Kier molecular flexibility index (Phi) is 4.71. The monoisotopic (exact) mass is 337 g/mol. The molecule has 1 amide bonds. The van der Waals surface area contributed by atoms with Gasteiger partial charge in [0.15, 0.2) is 0 Å². The number of carbonyl (C=O) groups excluding carboxylic acids is 1. The summed E-state index contributed by atoms with van der Waals surface area (Å²) in [5, 5.41) is 2.71. The molecule has 0 unspecified atom stereocenters. The van der Waals surface area contributed by atoms with E-state index in [4.69, 9.17) is 0 Å². The van der Waals surface area contributed by atoms with Crippen LogP contribution in [0.2, 0.25) is 0 Å². The van der Waals surface area contributed by atoms with Crippen molar-refractivity contribution in [3.8, 4) is 10.6 Å². The third-order valence-corrected chi connectivity index (χ3v) is 4.75. The second-order valence-corrected chi connectivity index (χ2v) is 6.47. The molecule has 0 fully saturated rings. The second kappa shape index (κ2) is 6.93. The van der Waals surface area contributed by atoms with Gasteiger partial charge in [-0.15, -0.1) is 11.3 Å². The summed E-state index contributed by atoms with van der Waals surface area (Å²) in [6.07, 6.45) is 3.38. The molecule has 2 heterocycles. The fraction of sp³-hybridized carbons (Fsp3) is 0.211. The van der Waals surface area contributed by atoms with Gasteiger partial charge in [0, 0.05) is 35.6 Å². The Morgan fingerprint density at radius 1 is 1.17 bits per heavy atom. The molecule has 0 bridgehead atoms. The van der Waals surface area contributed by atoms with Gasteiger partial charge in [-0.05, 0) is 38.5 Å². The van der Waals surface area contributed by atoms with E-state index in [1.807, 2.05) is 24.4 Å². The second-order valence-electron chi connectivity index (χ2n) is 5.61. The van der Waals surface area contributed by atoms with Crippen molar-refractivity contribution >= 4 is 22.9 Å². The van der Waals surface area contributed by atoms with Gasteiger partial charge in [0.05, 0.1) is 0 Å². The van der Waals surface area contributed by atoms with Crippen LogP contribution in [0, 0.1) is 13.8 Å². The first-order valence-corrected chi connectivity index (χ1v) is 8.73. The predicted molar refractivity (Wildman–Crippen MR) is 98.6 cm³/mol. The maximum Gasteiger partial charge on any atom is 0.277 e. The van der Waals surface area contributed by atoms with E-state index < -0.39 is 0 Å². The molecule has 0 spiro atoms. The molecule has 0 saturated heterocycles. The number of hydrogen-bond acceptors (Lipinski definition) is 4. The van der Waals surface area contributed by atoms with E-state index in [2.05, 4.69) is 42.0 Å². The zero-order valence-corrected chi connectivity index (χ0v) is 14.8. The molecule has 3 aromatic rings. The normalized spacial score (nSPS) is 10.6. The van der Waals surface area contributed by atoms with Crippen LogP contribution in [0.25, 0.3) is 10.6 Å². The van der Waals surface area contributed by atoms with Crippen LogP contribution in [0.5, 0.6) is 0 Å². The van der Waals surface area contributed by atoms with Crippen molar-refractivity contribution in [1.82, 2.24) is 9.97 Å². The first-order valence-electron chi connectivity index (χ1n) is 7.85. The Hall–Kier alpha value is -2.53. The highest BCUT2D eigenvalue weighted by molar-refractivity contribution is 7.13. The molecule has 2 aromatic heterocycles. The average Bonchev–Trinajstić information content (AvgIpc) is 3.06. The van der Waals surface area contributed by atoms with E-state index in [9.17, 15) is 4.79 Å². The number of hydrogen-bond donors (Lipinski definition) is 0. The van der Waals surface area contributed by atoms with Gasteiger partial charge in [0.1, 0.15) is 10.7 Å². The molecule has 3 rings (SSSR count). The Bertz CT molecular complexity index is 858. The summed E-state index contributed by atoms with van der Waals surface area (Å²) in [4.78, 5) is 23.1. The van der Waals surface area contributed by atoms with Gasteiger partial charge in [-0.25, -0.2) is 4.98 Å². The van der Waals surface area contributed by atoms with Gasteiger partial charge in [-0.1, -0.05) is 23.8 Å². The van der Waals surface area contributed by atoms with Crippen LogP contribution in [0.15, 0.2) is 48.1 Å². The van der Waals surface area contributed by atoms with E-state index in [-0.39, 0.29) is 5.91 Å². The number of aryl methyl sites for hydroxylation is 2. The molecule has 0 aliphatic carbocycles. The highest BCUT2D eigenvalue weighted by atomic mass is 32.1. The Morgan fingerprint density at radius 3 is 2.58 bits per heavy atom. The Morgan fingerprint density at radius 2 is 1.92 bits per heavy atom. The molecule has 5 heteroatoms. The molecule has 0 radical (unpaired) electrons. The van der Waals surface area contributed by atoms with Crippen molar-refractivity contribution in [3.05, 3.63) is 64.9 Å². The molecular formula is C19H19N3OS. The maximum absolute atomic E-state index is 12.8. The van der Waals surface area contributed by atoms with Gasteiger partial charge in [-0.3, -0.25) is 9.78 Å². The van der Waals surface area contributed by atoms with Crippen molar-refractivity contribution in [2.45, 2.75) is 20.8 Å². The van der Waals surface area contributed by atoms with Gasteiger partial charge in [0.25, 0.3) is 5.91 Å². The molecule has 24 heavy (non-hydrogen) atoms. The number of amides is 1. The first-order chi connectivity index (χ1) is 11.6. The van der Waals surface area contributed by atoms with E-state index in [0.29, 0.717) is 12.2 Å². The van der Waals surface area contributed by atoms with E-state index in [1.54, 1.807) is 17.3 Å². The third-order valence-electron chi connectivity index (χ3n) is 3.87. The lowest BCUT2D eigenvalue weighted by atomic mass is 10.1. The summed E-state index contributed by atoms with van der Waals surface area (Å²) in [5.41, 5.74) is 4.78. The van der Waals surface area contributed by atoms with Crippen LogP contribution in [-0.2, 0) is 0 Å². The zero-order chi connectivity index (χ0) is 17.1. The van der Waals surface area contributed by atoms with E-state index in [0.717, 1.165) is 16.3 Å². The van der Waals surface area contributed by atoms with E-state index in [1.165, 1.54) is 22.5 Å². The first kappa shape index (κ1) is 16.3. The molecule has 0 aliphatic heterocycles. The van der Waals surface area contributed by atoms with Crippen molar-refractivity contribution in [2.24, 2.45) is 0 Å². The molecule has 0 atom stereocenters. The van der Waals surface area contributed by atoms with Crippen molar-refractivity contribution in [2.75, 3.05) is 11.4 Å². The smallest absolute Gasteiger partial charge is 0.277 e. The lowest BCUT2D eigenvalue weighted by Crippen LogP contribution is -2.30. The number of benzene rings is 1. The van der Waals surface area contributed by atoms with Gasteiger partial charge in [-0.2, -0.15) is 0 Å². The third kappa shape index (κ3) is 3.21. The fourth-order valence-corrected chi connectivity index (χ4v) is 3.54. The summed E-state index contributed by atoms with van der Waals surface area (Å²) < 4.78 is 0. The van der Waals surface area contributed by atoms with Crippen LogP contribution in [0.4, 0.5) is 5.69 Å². The number of anilines is 1. The molecule has 0 aliphatic rings. The maximum atomic E-state index is 12.8. The minimum Gasteiger partial charge on any atom is -0.307 e. The summed E-state index contributed by atoms with van der Waals surface area (Å²) in [6, 6.07) is 9.93. The number of thiazole rings is 1. The highest BCUT2D eigenvalue weighted by Crippen LogP contribution is 2.28. The lowest BCUT2D eigenvalue weighted by molar-refractivity contribution is 0.0984. The van der Waals surface area contributed by atoms with Gasteiger partial charge in [0.2, 0.25) is 0 Å². The van der Waals surface area contributed by atoms with Crippen LogP contribution in [0.3, 0.4) is 0 Å². The molecule has 122 valence electrons. The summed E-state index contributed by atoms with van der Waals surface area (Å²) in [5.74, 6) is -0.0871. The fourth-order valence-electron chi connectivity index (χ4n) is 2.65. The molecule has 0 N–H and O–H groups in total. The number of nitrogens with zero attached hydrogens (tertiary/aromatic N) is 3. The van der Waals surface area contributed by atoms with Crippen molar-refractivity contribution < 1.29 is 4.79 Å². The molecule has 1 aromatic carbocycles.